The largest absolute Gasteiger partial charge is 0.385 e. The number of nitrogens with zero attached hydrogens (tertiary/aromatic N) is 1. The summed E-state index contributed by atoms with van der Waals surface area (Å²) in [6, 6.07) is 10.2. The normalized spacial score (nSPS) is 8.16. The third-order valence-corrected chi connectivity index (χ3v) is 2.15. The van der Waals surface area contributed by atoms with Crippen LogP contribution >= 0.6 is 0 Å². The van der Waals surface area contributed by atoms with Gasteiger partial charge in [-0.2, -0.15) is 0 Å². The molecule has 1 aromatic carbocycles. The highest BCUT2D eigenvalue weighted by Gasteiger charge is 1.93. The van der Waals surface area contributed by atoms with Crippen LogP contribution in [0.2, 0.25) is 0 Å². The van der Waals surface area contributed by atoms with Crippen LogP contribution in [0.25, 0.3) is 10.9 Å². The first-order chi connectivity index (χ1) is 9.29. The van der Waals surface area contributed by atoms with E-state index in [2.05, 4.69) is 28.8 Å². The van der Waals surface area contributed by atoms with E-state index in [4.69, 9.17) is 0 Å². The van der Waals surface area contributed by atoms with Crippen LogP contribution in [0.3, 0.4) is 0 Å². The highest BCUT2D eigenvalue weighted by Crippen LogP contribution is 2.14. The minimum absolute atomic E-state index is 0.819. The van der Waals surface area contributed by atoms with Crippen LogP contribution in [0.15, 0.2) is 36.5 Å². The van der Waals surface area contributed by atoms with Crippen molar-refractivity contribution in [2.24, 2.45) is 0 Å². The fourth-order valence-electron chi connectivity index (χ4n) is 1.26. The Balaban J connectivity index is 0. The number of rotatable bonds is 1. The van der Waals surface area contributed by atoms with Gasteiger partial charge < -0.3 is 4.74 Å². The van der Waals surface area contributed by atoms with Crippen molar-refractivity contribution < 1.29 is 4.74 Å². The summed E-state index contributed by atoms with van der Waals surface area (Å²) in [6.45, 7) is 12.9. The molecule has 2 rings (SSSR count). The Morgan fingerprint density at radius 3 is 2.05 bits per heavy atom. The maximum Gasteiger partial charge on any atom is 0.0704 e. The van der Waals surface area contributed by atoms with Crippen LogP contribution < -0.4 is 0 Å². The van der Waals surface area contributed by atoms with Gasteiger partial charge in [-0.3, -0.25) is 4.98 Å². The van der Waals surface area contributed by atoms with Crippen molar-refractivity contribution in [3.05, 3.63) is 42.1 Å². The predicted molar refractivity (Wildman–Crippen MR) is 86.7 cm³/mol. The number of benzene rings is 1. The monoisotopic (exact) mass is 263 g/mol. The van der Waals surface area contributed by atoms with E-state index in [1.165, 1.54) is 10.9 Å². The summed E-state index contributed by atoms with van der Waals surface area (Å²) in [5.74, 6) is 0. The molecule has 2 heteroatoms. The molecule has 0 unspecified atom stereocenters. The second kappa shape index (κ2) is 14.7. The van der Waals surface area contributed by atoms with Crippen LogP contribution in [0.1, 0.15) is 40.2 Å². The molecule has 0 amide bonds. The average molecular weight is 263 g/mol. The molecule has 0 radical (unpaired) electrons. The van der Waals surface area contributed by atoms with Crippen molar-refractivity contribution in [1.29, 1.82) is 0 Å². The summed E-state index contributed by atoms with van der Waals surface area (Å²) in [7, 11) is 1.68. The van der Waals surface area contributed by atoms with Crippen LogP contribution in [0, 0.1) is 6.92 Å². The van der Waals surface area contributed by atoms with Gasteiger partial charge >= 0.3 is 0 Å². The molecular weight excluding hydrogens is 234 g/mol. The number of fused-ring (bicyclic) bond motifs is 1. The zero-order valence-corrected chi connectivity index (χ0v) is 13.5. The van der Waals surface area contributed by atoms with Crippen molar-refractivity contribution >= 4 is 10.9 Å². The highest BCUT2D eigenvalue weighted by molar-refractivity contribution is 5.81. The predicted octanol–water partition coefficient (Wildman–Crippen LogP) is 5.25. The zero-order chi connectivity index (χ0) is 15.1. The van der Waals surface area contributed by atoms with E-state index in [1.54, 1.807) is 7.11 Å². The summed E-state index contributed by atoms with van der Waals surface area (Å²) in [6.07, 6.45) is 1.82. The second-order valence-electron chi connectivity index (χ2n) is 3.22. The summed E-state index contributed by atoms with van der Waals surface area (Å²) in [4.78, 5) is 4.24. The molecule has 2 aromatic rings. The van der Waals surface area contributed by atoms with E-state index < -0.39 is 0 Å². The van der Waals surface area contributed by atoms with Crippen LogP contribution in [0.5, 0.6) is 0 Å². The molecule has 1 aromatic heterocycles. The van der Waals surface area contributed by atoms with E-state index >= 15 is 0 Å². The van der Waals surface area contributed by atoms with Gasteiger partial charge in [-0.1, -0.05) is 45.9 Å². The minimum Gasteiger partial charge on any atom is -0.385 e. The van der Waals surface area contributed by atoms with Gasteiger partial charge in [0.1, 0.15) is 0 Å². The summed E-state index contributed by atoms with van der Waals surface area (Å²) >= 11 is 0. The second-order valence-corrected chi connectivity index (χ2v) is 3.22. The third-order valence-electron chi connectivity index (χ3n) is 2.15. The number of ether oxygens (including phenoxy) is 1. The maximum atomic E-state index is 4.54. The summed E-state index contributed by atoms with van der Waals surface area (Å²) < 4.78 is 4.54. The average Bonchev–Trinajstić information content (AvgIpc) is 2.52. The molecule has 19 heavy (non-hydrogen) atoms. The van der Waals surface area contributed by atoms with Gasteiger partial charge in [0.25, 0.3) is 0 Å². The number of aryl methyl sites for hydroxylation is 1. The first-order valence-electron chi connectivity index (χ1n) is 7.09. The van der Waals surface area contributed by atoms with Gasteiger partial charge in [-0.15, -0.1) is 0 Å². The Hall–Kier alpha value is -1.41. The number of pyridine rings is 1. The van der Waals surface area contributed by atoms with Crippen molar-refractivity contribution in [2.75, 3.05) is 13.7 Å². The number of hydrogen-bond acceptors (Lipinski definition) is 2. The van der Waals surface area contributed by atoms with E-state index in [0.717, 1.165) is 12.1 Å². The Bertz CT molecular complexity index is 405. The lowest BCUT2D eigenvalue weighted by molar-refractivity contribution is 0.215. The molecule has 2 nitrogen and oxygen atoms in total. The SMILES string of the molecule is CC.CC.CCOC.Cc1cccc2ncccc12. The van der Waals surface area contributed by atoms with E-state index in [-0.39, 0.29) is 0 Å². The fourth-order valence-corrected chi connectivity index (χ4v) is 1.26. The summed E-state index contributed by atoms with van der Waals surface area (Å²) in [5.41, 5.74) is 2.36. The first kappa shape index (κ1) is 19.9. The van der Waals surface area contributed by atoms with Gasteiger partial charge in [0.2, 0.25) is 0 Å². The molecule has 0 aliphatic heterocycles. The van der Waals surface area contributed by atoms with Gasteiger partial charge in [-0.25, -0.2) is 0 Å². The molecule has 0 saturated carbocycles. The fraction of sp³-hybridized carbons (Fsp3) is 0.471. The van der Waals surface area contributed by atoms with Crippen molar-refractivity contribution in [3.8, 4) is 0 Å². The number of aromatic nitrogens is 1. The van der Waals surface area contributed by atoms with Gasteiger partial charge in [-0.05, 0) is 31.5 Å². The minimum atomic E-state index is 0.819. The van der Waals surface area contributed by atoms with Crippen molar-refractivity contribution in [2.45, 2.75) is 41.5 Å². The molecule has 0 bridgehead atoms. The number of hydrogen-bond donors (Lipinski definition) is 0. The molecule has 0 N–H and O–H groups in total. The Morgan fingerprint density at radius 1 is 1.00 bits per heavy atom. The highest BCUT2D eigenvalue weighted by atomic mass is 16.5. The molecule has 0 aliphatic carbocycles. The molecule has 0 aliphatic rings. The third kappa shape index (κ3) is 8.33. The van der Waals surface area contributed by atoms with E-state index in [9.17, 15) is 0 Å². The zero-order valence-electron chi connectivity index (χ0n) is 13.5. The van der Waals surface area contributed by atoms with Crippen LogP contribution in [-0.4, -0.2) is 18.7 Å². The lowest BCUT2D eigenvalue weighted by Gasteiger charge is -1.97. The molecule has 0 fully saturated rings. The van der Waals surface area contributed by atoms with Gasteiger partial charge in [0.05, 0.1) is 5.52 Å². The summed E-state index contributed by atoms with van der Waals surface area (Å²) in [5, 5.41) is 1.25. The van der Waals surface area contributed by atoms with Gasteiger partial charge in [0, 0.05) is 25.3 Å². The molecule has 108 valence electrons. The topological polar surface area (TPSA) is 22.1 Å². The molecule has 0 spiro atoms. The first-order valence-corrected chi connectivity index (χ1v) is 7.09. The molecule has 0 atom stereocenters. The number of methoxy groups -OCH3 is 1. The van der Waals surface area contributed by atoms with Crippen LogP contribution in [0.4, 0.5) is 0 Å². The van der Waals surface area contributed by atoms with Gasteiger partial charge in [0.15, 0.2) is 0 Å². The lowest BCUT2D eigenvalue weighted by Crippen LogP contribution is -1.79. The smallest absolute Gasteiger partial charge is 0.0704 e. The maximum absolute atomic E-state index is 4.54. The van der Waals surface area contributed by atoms with Crippen LogP contribution in [-0.2, 0) is 4.74 Å². The van der Waals surface area contributed by atoms with Crippen molar-refractivity contribution in [1.82, 2.24) is 4.98 Å². The lowest BCUT2D eigenvalue weighted by atomic mass is 10.1. The molecule has 1 heterocycles. The standard InChI is InChI=1S/C10H9N.C3H8O.2C2H6/c1-8-4-2-6-10-9(8)5-3-7-11-10;1-3-4-2;2*1-2/h2-7H,1H3;3H2,1-2H3;2*1-2H3. The Morgan fingerprint density at radius 2 is 1.58 bits per heavy atom. The van der Waals surface area contributed by atoms with Crippen molar-refractivity contribution in [3.63, 3.8) is 0 Å². The molecular formula is C17H29NO. The van der Waals surface area contributed by atoms with E-state index in [0.29, 0.717) is 0 Å². The molecule has 0 saturated heterocycles. The quantitative estimate of drug-likeness (QED) is 0.701. The van der Waals surface area contributed by atoms with E-state index in [1.807, 2.05) is 59.0 Å². The Labute approximate surface area is 118 Å². The Kier molecular flexibility index (Phi) is 15.4.